The molecule has 0 amide bonds. The molecule has 9 atom stereocenters. The van der Waals surface area contributed by atoms with Gasteiger partial charge in [0.25, 0.3) is 0 Å². The van der Waals surface area contributed by atoms with Crippen molar-refractivity contribution < 1.29 is 79.9 Å². The van der Waals surface area contributed by atoms with Crippen LogP contribution in [0.15, 0.2) is 54.6 Å². The van der Waals surface area contributed by atoms with Gasteiger partial charge < -0.3 is 79.9 Å². The molecule has 51 heavy (non-hydrogen) atoms. The van der Waals surface area contributed by atoms with Gasteiger partial charge in [-0.25, -0.2) is 0 Å². The van der Waals surface area contributed by atoms with Crippen LogP contribution in [-0.2, 0) is 21.7 Å². The molecule has 2 bridgehead atoms. The van der Waals surface area contributed by atoms with Crippen molar-refractivity contribution in [3.63, 3.8) is 0 Å². The number of fused-ring (bicyclic) bond motifs is 8. The average molecular weight is 709 g/mol. The van der Waals surface area contributed by atoms with E-state index in [0.717, 1.165) is 18.2 Å². The number of aliphatic hydroxyl groups excluding tert-OH is 4. The number of aliphatic hydroxyl groups is 4. The summed E-state index contributed by atoms with van der Waals surface area (Å²) in [5.41, 5.74) is 0.515. The van der Waals surface area contributed by atoms with Gasteiger partial charge in [0.2, 0.25) is 0 Å². The van der Waals surface area contributed by atoms with Gasteiger partial charge in [-0.15, -0.1) is 0 Å². The Kier molecular flexibility index (Phi) is 7.46. The Bertz CT molecular complexity index is 2050. The molecule has 0 aromatic heterocycles. The molecule has 11 N–H and O–H groups in total. The lowest BCUT2D eigenvalue weighted by atomic mass is 9.74. The minimum Gasteiger partial charge on any atom is -0.508 e. The number of phenolic OH excluding ortho intramolecular Hbond substituents is 7. The fraction of sp³-hybridized carbons (Fsp3) is 0.314. The van der Waals surface area contributed by atoms with Gasteiger partial charge in [-0.1, -0.05) is 6.07 Å². The number of aromatic hydroxyl groups is 7. The molecule has 1 unspecified atom stereocenters. The summed E-state index contributed by atoms with van der Waals surface area (Å²) in [5.74, 6) is -7.00. The molecule has 1 fully saturated rings. The van der Waals surface area contributed by atoms with Crippen molar-refractivity contribution in [2.45, 2.75) is 61.0 Å². The lowest BCUT2D eigenvalue weighted by Gasteiger charge is -2.53. The highest BCUT2D eigenvalue weighted by Crippen LogP contribution is 2.63. The van der Waals surface area contributed by atoms with Gasteiger partial charge in [-0.3, -0.25) is 0 Å². The second-order valence-electron chi connectivity index (χ2n) is 12.9. The molecular formula is C35H32O16. The third-order valence-electron chi connectivity index (χ3n) is 9.74. The van der Waals surface area contributed by atoms with E-state index in [9.17, 15) is 56.2 Å². The van der Waals surface area contributed by atoms with Crippen LogP contribution in [0.4, 0.5) is 0 Å². The first kappa shape index (κ1) is 32.8. The highest BCUT2D eigenvalue weighted by atomic mass is 16.8. The predicted octanol–water partition coefficient (Wildman–Crippen LogP) is 1.26. The van der Waals surface area contributed by atoms with E-state index in [1.54, 1.807) is 0 Å². The first-order valence-corrected chi connectivity index (χ1v) is 15.8. The Hall–Kier alpha value is -5.36. The van der Waals surface area contributed by atoms with Gasteiger partial charge in [0.15, 0.2) is 35.4 Å². The Morgan fingerprint density at radius 1 is 0.647 bits per heavy atom. The SMILES string of the molecule is Oc1cc(O)c2c(c1)O[C@]1(c3ccc(O)c(O)c3)Oc3cc(O)c4c(c3C2[C@@H]1O[C@H]1OC[C@@H](O)[C@H](O)[C@H]1O)O[C@H](c1ccc(O)c(O)c1)[C@@H](O)C4. The summed E-state index contributed by atoms with van der Waals surface area (Å²) in [6, 6.07) is 10.9. The second kappa shape index (κ2) is 11.6. The van der Waals surface area contributed by atoms with E-state index >= 15 is 0 Å². The molecule has 8 rings (SSSR count). The lowest BCUT2D eigenvalue weighted by Crippen LogP contribution is -2.62. The van der Waals surface area contributed by atoms with E-state index in [1.165, 1.54) is 36.4 Å². The fourth-order valence-electron chi connectivity index (χ4n) is 7.28. The molecule has 0 radical (unpaired) electrons. The standard InChI is InChI=1S/C35H32O16/c36-14-7-21(42)26-24(8-14)50-35(13-2-4-17(38)20(41)6-13)33(49-34-30(46)29(45)23(44)11-47-34)28(26)27-25(51-35)10-18(39)15-9-22(43)31(48-32(15)27)12-1-3-16(37)19(40)5-12/h1-8,10,22-23,28-31,33-34,36-46H,9,11H2/t22-,23+,28?,29-,30+,31+,33-,34+,35+/m0/s1. The van der Waals surface area contributed by atoms with Crippen molar-refractivity contribution >= 4 is 0 Å². The summed E-state index contributed by atoms with van der Waals surface area (Å²) in [6.07, 6.45) is -10.8. The number of rotatable bonds is 4. The summed E-state index contributed by atoms with van der Waals surface area (Å²) >= 11 is 0. The fourth-order valence-corrected chi connectivity index (χ4v) is 7.28. The molecule has 16 nitrogen and oxygen atoms in total. The first-order valence-electron chi connectivity index (χ1n) is 15.8. The first-order chi connectivity index (χ1) is 24.3. The van der Waals surface area contributed by atoms with E-state index in [2.05, 4.69) is 0 Å². The number of benzene rings is 4. The van der Waals surface area contributed by atoms with E-state index in [4.69, 9.17) is 23.7 Å². The van der Waals surface area contributed by atoms with Crippen LogP contribution in [0.3, 0.4) is 0 Å². The van der Waals surface area contributed by atoms with Crippen molar-refractivity contribution in [3.05, 3.63) is 82.4 Å². The van der Waals surface area contributed by atoms with E-state index < -0.39 is 95.7 Å². The average Bonchev–Trinajstić information content (AvgIpc) is 3.07. The van der Waals surface area contributed by atoms with Gasteiger partial charge in [0.05, 0.1) is 18.6 Å². The topological polar surface area (TPSA) is 269 Å². The largest absolute Gasteiger partial charge is 0.508 e. The zero-order valence-corrected chi connectivity index (χ0v) is 26.2. The summed E-state index contributed by atoms with van der Waals surface area (Å²) in [7, 11) is 0. The van der Waals surface area contributed by atoms with Gasteiger partial charge in [-0.2, -0.15) is 0 Å². The van der Waals surface area contributed by atoms with Crippen LogP contribution in [0.25, 0.3) is 0 Å². The molecule has 4 aliphatic rings. The predicted molar refractivity (Wildman–Crippen MR) is 168 cm³/mol. The van der Waals surface area contributed by atoms with Crippen LogP contribution < -0.4 is 14.2 Å². The Morgan fingerprint density at radius 3 is 2.04 bits per heavy atom. The molecule has 1 saturated heterocycles. The molecule has 4 aliphatic heterocycles. The molecule has 16 heteroatoms. The zero-order chi connectivity index (χ0) is 36.1. The van der Waals surface area contributed by atoms with Crippen LogP contribution in [0, 0.1) is 0 Å². The molecule has 4 heterocycles. The number of phenols is 7. The molecule has 0 aliphatic carbocycles. The van der Waals surface area contributed by atoms with E-state index in [0.29, 0.717) is 0 Å². The van der Waals surface area contributed by atoms with Crippen LogP contribution in [-0.4, -0.2) is 99.6 Å². The van der Waals surface area contributed by atoms with Gasteiger partial charge >= 0.3 is 5.79 Å². The summed E-state index contributed by atoms with van der Waals surface area (Å²) in [4.78, 5) is 0. The molecule has 4 aromatic carbocycles. The third kappa shape index (κ3) is 4.98. The highest BCUT2D eigenvalue weighted by Gasteiger charge is 2.62. The van der Waals surface area contributed by atoms with Crippen molar-refractivity contribution in [2.75, 3.05) is 6.61 Å². The maximum Gasteiger partial charge on any atom is 0.305 e. The molecule has 268 valence electrons. The van der Waals surface area contributed by atoms with Crippen LogP contribution in [0.2, 0.25) is 0 Å². The summed E-state index contributed by atoms with van der Waals surface area (Å²) < 4.78 is 31.4. The Balaban J connectivity index is 1.38. The van der Waals surface area contributed by atoms with E-state index in [-0.39, 0.29) is 57.2 Å². The molecule has 0 spiro atoms. The minimum atomic E-state index is -2.23. The Morgan fingerprint density at radius 2 is 1.33 bits per heavy atom. The van der Waals surface area contributed by atoms with E-state index in [1.807, 2.05) is 0 Å². The number of hydrogen-bond donors (Lipinski definition) is 11. The van der Waals surface area contributed by atoms with Crippen LogP contribution >= 0.6 is 0 Å². The summed E-state index contributed by atoms with van der Waals surface area (Å²) in [6.45, 7) is -0.452. The number of hydrogen-bond acceptors (Lipinski definition) is 16. The van der Waals surface area contributed by atoms with Crippen molar-refractivity contribution in [2.24, 2.45) is 0 Å². The normalized spacial score (nSPS) is 30.5. The highest BCUT2D eigenvalue weighted by molar-refractivity contribution is 5.68. The summed E-state index contributed by atoms with van der Waals surface area (Å²) in [5, 5.41) is 117. The maximum absolute atomic E-state index is 11.4. The van der Waals surface area contributed by atoms with Crippen LogP contribution in [0.5, 0.6) is 57.5 Å². The molecule has 0 saturated carbocycles. The monoisotopic (exact) mass is 708 g/mol. The van der Waals surface area contributed by atoms with Crippen molar-refractivity contribution in [3.8, 4) is 57.5 Å². The lowest BCUT2D eigenvalue weighted by molar-refractivity contribution is -0.327. The van der Waals surface area contributed by atoms with Gasteiger partial charge in [0.1, 0.15) is 58.9 Å². The maximum atomic E-state index is 11.4. The number of ether oxygens (including phenoxy) is 5. The smallest absolute Gasteiger partial charge is 0.305 e. The Labute approximate surface area is 287 Å². The van der Waals surface area contributed by atoms with Gasteiger partial charge in [-0.05, 0) is 35.9 Å². The zero-order valence-electron chi connectivity index (χ0n) is 26.2. The second-order valence-corrected chi connectivity index (χ2v) is 12.9. The van der Waals surface area contributed by atoms with Crippen molar-refractivity contribution in [1.82, 2.24) is 0 Å². The quantitative estimate of drug-likeness (QED) is 0.133. The minimum absolute atomic E-state index is 0.00353. The van der Waals surface area contributed by atoms with Gasteiger partial charge in [0, 0.05) is 46.9 Å². The molecular weight excluding hydrogens is 676 g/mol. The third-order valence-corrected chi connectivity index (χ3v) is 9.74. The van der Waals surface area contributed by atoms with Crippen LogP contribution in [0.1, 0.15) is 39.8 Å². The van der Waals surface area contributed by atoms with Crippen molar-refractivity contribution in [1.29, 1.82) is 0 Å². The molecule has 4 aromatic rings.